The van der Waals surface area contributed by atoms with E-state index in [0.717, 1.165) is 21.7 Å². The number of carbonyl (C=O) groups excluding carboxylic acids is 5. The number of hydrogen-bond acceptors (Lipinski definition) is 11. The minimum Gasteiger partial charge on any atom is -0.491 e. The summed E-state index contributed by atoms with van der Waals surface area (Å²) in [6, 6.07) is 18.5. The predicted molar refractivity (Wildman–Crippen MR) is 204 cm³/mol. The third-order valence-electron chi connectivity index (χ3n) is 9.67. The number of anilines is 1. The summed E-state index contributed by atoms with van der Waals surface area (Å²) in [6.07, 6.45) is 3.95. The largest absolute Gasteiger partial charge is 0.491 e. The number of rotatable bonds is 13. The number of benzene rings is 3. The zero-order chi connectivity index (χ0) is 39.4. The van der Waals surface area contributed by atoms with Crippen LogP contribution < -0.4 is 20.1 Å². The molecule has 55 heavy (non-hydrogen) atoms. The molecule has 3 aromatic carbocycles. The molecule has 3 heterocycles. The fraction of sp³-hybridized carbons (Fsp3) is 0.300. The molecule has 2 unspecified atom stereocenters. The van der Waals surface area contributed by atoms with Crippen LogP contribution in [0.1, 0.15) is 83.1 Å². The maximum atomic E-state index is 13.2. The van der Waals surface area contributed by atoms with Crippen LogP contribution in [-0.4, -0.2) is 63.3 Å². The highest BCUT2D eigenvalue weighted by atomic mass is 35.5. The van der Waals surface area contributed by atoms with Crippen LogP contribution in [0.3, 0.4) is 0 Å². The molecule has 6 rings (SSSR count). The Morgan fingerprint density at radius 1 is 1.05 bits per heavy atom. The summed E-state index contributed by atoms with van der Waals surface area (Å²) >= 11 is 8.17. The Hall–Kier alpha value is -5.78. The number of aromatic nitrogens is 2. The maximum Gasteiger partial charge on any atom is 0.262 e. The van der Waals surface area contributed by atoms with Crippen LogP contribution in [-0.2, 0) is 26.4 Å². The molecule has 282 valence electrons. The lowest BCUT2D eigenvalue weighted by Crippen LogP contribution is -2.54. The topological polar surface area (TPSA) is 181 Å². The van der Waals surface area contributed by atoms with Crippen LogP contribution in [0.4, 0.5) is 5.69 Å². The second-order valence-electron chi connectivity index (χ2n) is 13.7. The van der Waals surface area contributed by atoms with E-state index in [1.165, 1.54) is 30.0 Å². The maximum absolute atomic E-state index is 13.2. The van der Waals surface area contributed by atoms with E-state index < -0.39 is 41.0 Å². The first kappa shape index (κ1) is 38.9. The number of nitrogens with zero attached hydrogens (tertiary/aromatic N) is 4. The van der Waals surface area contributed by atoms with Crippen LogP contribution in [0.15, 0.2) is 72.0 Å². The molecule has 2 N–H and O–H groups in total. The lowest BCUT2D eigenvalue weighted by Gasteiger charge is -2.27. The van der Waals surface area contributed by atoms with E-state index in [-0.39, 0.29) is 59.2 Å². The number of fused-ring (bicyclic) bond motifs is 1. The van der Waals surface area contributed by atoms with Crippen LogP contribution in [0.5, 0.6) is 11.5 Å². The molecule has 2 aliphatic rings. The number of nitrogens with one attached hydrogen (secondary N) is 2. The summed E-state index contributed by atoms with van der Waals surface area (Å²) in [5, 5.41) is 15.9. The van der Waals surface area contributed by atoms with Gasteiger partial charge < -0.3 is 14.8 Å². The fourth-order valence-corrected chi connectivity index (χ4v) is 6.96. The molecule has 0 aliphatic carbocycles. The van der Waals surface area contributed by atoms with E-state index in [1.807, 2.05) is 50.4 Å². The average Bonchev–Trinajstić information content (AvgIpc) is 3.42. The Labute approximate surface area is 326 Å². The first-order valence-corrected chi connectivity index (χ1v) is 19.0. The fourth-order valence-electron chi connectivity index (χ4n) is 6.31. The SMILES string of the molecule is CSc1nccc(COc2ccc(C(C)(C)c3cc(Cl)c(OCCC(C)C(=O)Nc4ccc5c(c4)C(=O)N(C4CCC(=O)NC4=O)C5=O)c(C#N)c3)cc2)n1. The van der Waals surface area contributed by atoms with Gasteiger partial charge in [0.15, 0.2) is 10.9 Å². The van der Waals surface area contributed by atoms with Gasteiger partial charge in [-0.15, -0.1) is 0 Å². The van der Waals surface area contributed by atoms with Crippen molar-refractivity contribution in [3.63, 3.8) is 0 Å². The summed E-state index contributed by atoms with van der Waals surface area (Å²) in [4.78, 5) is 72.7. The first-order chi connectivity index (χ1) is 26.3. The molecule has 0 spiro atoms. The van der Waals surface area contributed by atoms with E-state index >= 15 is 0 Å². The van der Waals surface area contributed by atoms with Gasteiger partial charge in [-0.1, -0.05) is 56.3 Å². The monoisotopic (exact) mass is 780 g/mol. The molecular weight excluding hydrogens is 744 g/mol. The third kappa shape index (κ3) is 8.33. The molecule has 0 bridgehead atoms. The number of thioether (sulfide) groups is 1. The van der Waals surface area contributed by atoms with E-state index in [0.29, 0.717) is 23.2 Å². The van der Waals surface area contributed by atoms with Crippen molar-refractivity contribution in [3.05, 3.63) is 105 Å². The Bertz CT molecular complexity index is 2240. The van der Waals surface area contributed by atoms with Gasteiger partial charge in [-0.25, -0.2) is 9.97 Å². The van der Waals surface area contributed by atoms with Gasteiger partial charge in [0.05, 0.1) is 34.0 Å². The van der Waals surface area contributed by atoms with Crippen molar-refractivity contribution in [1.29, 1.82) is 5.26 Å². The van der Waals surface area contributed by atoms with Crippen molar-refractivity contribution >= 4 is 58.6 Å². The van der Waals surface area contributed by atoms with E-state index in [1.54, 1.807) is 25.3 Å². The van der Waals surface area contributed by atoms with Crippen LogP contribution in [0.2, 0.25) is 5.02 Å². The van der Waals surface area contributed by atoms with Crippen molar-refractivity contribution in [3.8, 4) is 17.6 Å². The summed E-state index contributed by atoms with van der Waals surface area (Å²) in [5.41, 5.74) is 2.75. The average molecular weight is 781 g/mol. The van der Waals surface area contributed by atoms with Crippen molar-refractivity contribution in [2.75, 3.05) is 18.2 Å². The Morgan fingerprint density at radius 3 is 2.51 bits per heavy atom. The highest BCUT2D eigenvalue weighted by Gasteiger charge is 2.44. The zero-order valence-corrected chi connectivity index (χ0v) is 32.0. The van der Waals surface area contributed by atoms with Gasteiger partial charge in [0.25, 0.3) is 11.8 Å². The highest BCUT2D eigenvalue weighted by molar-refractivity contribution is 7.98. The molecule has 1 aromatic heterocycles. The summed E-state index contributed by atoms with van der Waals surface area (Å²) < 4.78 is 11.9. The van der Waals surface area contributed by atoms with Crippen molar-refractivity contribution < 1.29 is 33.4 Å². The Morgan fingerprint density at radius 2 is 1.80 bits per heavy atom. The smallest absolute Gasteiger partial charge is 0.262 e. The van der Waals surface area contributed by atoms with Crippen LogP contribution in [0, 0.1) is 17.2 Å². The molecule has 2 atom stereocenters. The van der Waals surface area contributed by atoms with Gasteiger partial charge in [-0.05, 0) is 78.8 Å². The number of ether oxygens (including phenoxy) is 2. The molecule has 5 amide bonds. The quantitative estimate of drug-likeness (QED) is 0.0913. The third-order valence-corrected chi connectivity index (χ3v) is 10.5. The number of carbonyl (C=O) groups is 5. The van der Waals surface area contributed by atoms with E-state index in [4.69, 9.17) is 21.1 Å². The number of nitriles is 1. The van der Waals surface area contributed by atoms with Crippen molar-refractivity contribution in [1.82, 2.24) is 20.2 Å². The van der Waals surface area contributed by atoms with Gasteiger partial charge in [-0.2, -0.15) is 5.26 Å². The van der Waals surface area contributed by atoms with E-state index in [2.05, 4.69) is 26.7 Å². The van der Waals surface area contributed by atoms with Gasteiger partial charge in [0.2, 0.25) is 17.7 Å². The molecule has 2 aliphatic heterocycles. The number of piperidine rings is 1. The Kier molecular flexibility index (Phi) is 11.5. The first-order valence-electron chi connectivity index (χ1n) is 17.4. The lowest BCUT2D eigenvalue weighted by molar-refractivity contribution is -0.136. The molecule has 15 heteroatoms. The number of hydrogen-bond donors (Lipinski definition) is 2. The van der Waals surface area contributed by atoms with Crippen LogP contribution in [0.25, 0.3) is 0 Å². The second kappa shape index (κ2) is 16.3. The standard InChI is InChI=1S/C40H37ClN6O7S/c1-22(35(49)44-26-7-10-29-30(19-26)38(52)47(37(29)51)32-11-12-33(48)46-36(32)50)14-16-53-34-23(20-42)17-25(18-31(34)41)40(2,3)24-5-8-28(9-6-24)54-21-27-13-15-43-39(45-27)55-4/h5-10,13,15,17-19,22,32H,11-12,14,16,21H2,1-4H3,(H,44,49)(H,46,48,50). The van der Waals surface area contributed by atoms with Gasteiger partial charge in [-0.3, -0.25) is 34.2 Å². The molecule has 0 radical (unpaired) electrons. The summed E-state index contributed by atoms with van der Waals surface area (Å²) in [7, 11) is 0. The van der Waals surface area contributed by atoms with E-state index in [9.17, 15) is 29.2 Å². The summed E-state index contributed by atoms with van der Waals surface area (Å²) in [5.74, 6) is -2.47. The minimum atomic E-state index is -1.09. The molecular formula is C40H37ClN6O7S. The second-order valence-corrected chi connectivity index (χ2v) is 14.8. The van der Waals surface area contributed by atoms with Crippen LogP contribution >= 0.6 is 23.4 Å². The van der Waals surface area contributed by atoms with Crippen molar-refractivity contribution in [2.45, 2.75) is 63.3 Å². The normalized spacial score (nSPS) is 15.9. The van der Waals surface area contributed by atoms with Gasteiger partial charge in [0.1, 0.15) is 24.5 Å². The van der Waals surface area contributed by atoms with Gasteiger partial charge >= 0.3 is 0 Å². The number of amides is 5. The predicted octanol–water partition coefficient (Wildman–Crippen LogP) is 6.07. The van der Waals surface area contributed by atoms with Crippen molar-refractivity contribution in [2.24, 2.45) is 5.92 Å². The highest BCUT2D eigenvalue weighted by Crippen LogP contribution is 2.39. The molecule has 1 saturated heterocycles. The Balaban J connectivity index is 1.05. The molecule has 1 fully saturated rings. The number of imide groups is 2. The van der Waals surface area contributed by atoms with Gasteiger partial charge in [0, 0.05) is 29.6 Å². The lowest BCUT2D eigenvalue weighted by atomic mass is 9.77. The minimum absolute atomic E-state index is 0.0129. The molecule has 13 nitrogen and oxygen atoms in total. The summed E-state index contributed by atoms with van der Waals surface area (Å²) in [6.45, 7) is 6.16. The molecule has 4 aromatic rings. The molecule has 0 saturated carbocycles. The number of halogens is 1. The zero-order valence-electron chi connectivity index (χ0n) is 30.5.